The van der Waals surface area contributed by atoms with Gasteiger partial charge in [0.1, 0.15) is 5.69 Å². The lowest BCUT2D eigenvalue weighted by molar-refractivity contribution is -0.384. The lowest BCUT2D eigenvalue weighted by Crippen LogP contribution is -2.24. The smallest absolute Gasteiger partial charge is 0.292 e. The summed E-state index contributed by atoms with van der Waals surface area (Å²) in [4.78, 5) is 13.2. The zero-order valence-corrected chi connectivity index (χ0v) is 12.7. The number of nitro groups is 1. The Hall–Kier alpha value is -1.62. The number of para-hydroxylation sites is 1. The summed E-state index contributed by atoms with van der Waals surface area (Å²) in [5, 5.41) is 14.4. The van der Waals surface area contributed by atoms with Gasteiger partial charge in [-0.15, -0.1) is 0 Å². The summed E-state index contributed by atoms with van der Waals surface area (Å²) < 4.78 is 0. The third-order valence-electron chi connectivity index (χ3n) is 3.26. The average Bonchev–Trinajstić information content (AvgIpc) is 2.44. The van der Waals surface area contributed by atoms with Crippen molar-refractivity contribution in [3.63, 3.8) is 0 Å². The summed E-state index contributed by atoms with van der Waals surface area (Å²) in [6, 6.07) is 5.31. The Balaban J connectivity index is 3.03. The van der Waals surface area contributed by atoms with Crippen LogP contribution in [-0.4, -0.2) is 29.5 Å². The zero-order valence-electron chi connectivity index (χ0n) is 12.7. The van der Waals surface area contributed by atoms with E-state index in [1.54, 1.807) is 12.1 Å². The number of hydrogen-bond donors (Lipinski definition) is 1. The van der Waals surface area contributed by atoms with Crippen LogP contribution in [0, 0.1) is 10.1 Å². The number of hydrogen-bond acceptors (Lipinski definition) is 4. The molecule has 5 nitrogen and oxygen atoms in total. The van der Waals surface area contributed by atoms with Gasteiger partial charge in [0.2, 0.25) is 0 Å². The van der Waals surface area contributed by atoms with E-state index in [0.717, 1.165) is 44.6 Å². The maximum atomic E-state index is 11.2. The van der Waals surface area contributed by atoms with Gasteiger partial charge in [-0.2, -0.15) is 0 Å². The minimum atomic E-state index is -0.308. The lowest BCUT2D eigenvalue weighted by Gasteiger charge is -2.21. The summed E-state index contributed by atoms with van der Waals surface area (Å²) in [6.07, 6.45) is 2.03. The SMILES string of the molecule is CCCNc1c(CN(CC)CCC)cccc1[N+](=O)[O-]. The maximum absolute atomic E-state index is 11.2. The fourth-order valence-corrected chi connectivity index (χ4v) is 2.23. The van der Waals surface area contributed by atoms with Crippen LogP contribution in [0.15, 0.2) is 18.2 Å². The first kappa shape index (κ1) is 16.4. The molecule has 1 aromatic rings. The van der Waals surface area contributed by atoms with Gasteiger partial charge in [-0.1, -0.05) is 32.9 Å². The first-order chi connectivity index (χ1) is 9.63. The zero-order chi connectivity index (χ0) is 15.0. The summed E-state index contributed by atoms with van der Waals surface area (Å²) in [5.41, 5.74) is 1.85. The van der Waals surface area contributed by atoms with Crippen molar-refractivity contribution in [3.8, 4) is 0 Å². The second-order valence-corrected chi connectivity index (χ2v) is 4.86. The summed E-state index contributed by atoms with van der Waals surface area (Å²) in [5.74, 6) is 0. The third-order valence-corrected chi connectivity index (χ3v) is 3.26. The monoisotopic (exact) mass is 279 g/mol. The van der Waals surface area contributed by atoms with Gasteiger partial charge in [0.05, 0.1) is 4.92 Å². The molecular weight excluding hydrogens is 254 g/mol. The van der Waals surface area contributed by atoms with Crippen molar-refractivity contribution in [2.75, 3.05) is 25.0 Å². The van der Waals surface area contributed by atoms with Gasteiger partial charge in [0.25, 0.3) is 5.69 Å². The van der Waals surface area contributed by atoms with Crippen LogP contribution in [0.1, 0.15) is 39.2 Å². The second kappa shape index (κ2) is 8.53. The highest BCUT2D eigenvalue weighted by Gasteiger charge is 2.18. The Bertz CT molecular complexity index is 435. The van der Waals surface area contributed by atoms with E-state index >= 15 is 0 Å². The molecule has 0 saturated heterocycles. The molecule has 0 spiro atoms. The molecule has 0 atom stereocenters. The quantitative estimate of drug-likeness (QED) is 0.553. The highest BCUT2D eigenvalue weighted by atomic mass is 16.6. The fraction of sp³-hybridized carbons (Fsp3) is 0.600. The number of nitrogens with one attached hydrogen (secondary N) is 1. The Kier molecular flexibility index (Phi) is 7.01. The van der Waals surface area contributed by atoms with E-state index in [0.29, 0.717) is 5.69 Å². The third kappa shape index (κ3) is 4.49. The minimum absolute atomic E-state index is 0.170. The molecule has 0 radical (unpaired) electrons. The maximum Gasteiger partial charge on any atom is 0.292 e. The highest BCUT2D eigenvalue weighted by molar-refractivity contribution is 5.66. The molecule has 20 heavy (non-hydrogen) atoms. The summed E-state index contributed by atoms with van der Waals surface area (Å²) >= 11 is 0. The molecule has 1 rings (SSSR count). The summed E-state index contributed by atoms with van der Waals surface area (Å²) in [6.45, 7) is 9.77. The van der Waals surface area contributed by atoms with Crippen molar-refractivity contribution < 1.29 is 4.92 Å². The molecule has 1 N–H and O–H groups in total. The standard InChI is InChI=1S/C15H25N3O2/c1-4-10-16-15-13(12-17(6-3)11-5-2)8-7-9-14(15)18(19)20/h7-9,16H,4-6,10-12H2,1-3H3. The topological polar surface area (TPSA) is 58.4 Å². The van der Waals surface area contributed by atoms with E-state index in [1.807, 2.05) is 6.07 Å². The Morgan fingerprint density at radius 2 is 2.00 bits per heavy atom. The molecule has 112 valence electrons. The van der Waals surface area contributed by atoms with E-state index in [9.17, 15) is 10.1 Å². The number of benzene rings is 1. The molecule has 0 unspecified atom stereocenters. The molecule has 0 aliphatic heterocycles. The summed E-state index contributed by atoms with van der Waals surface area (Å²) in [7, 11) is 0. The van der Waals surface area contributed by atoms with Crippen LogP contribution in [0.25, 0.3) is 0 Å². The predicted octanol–water partition coefficient (Wildman–Crippen LogP) is 3.65. The van der Waals surface area contributed by atoms with E-state index in [2.05, 4.69) is 31.0 Å². The van der Waals surface area contributed by atoms with Crippen LogP contribution < -0.4 is 5.32 Å². The van der Waals surface area contributed by atoms with Crippen LogP contribution in [0.3, 0.4) is 0 Å². The van der Waals surface area contributed by atoms with Crippen molar-refractivity contribution in [1.29, 1.82) is 0 Å². The Labute approximate surface area is 121 Å². The van der Waals surface area contributed by atoms with Crippen LogP contribution >= 0.6 is 0 Å². The van der Waals surface area contributed by atoms with Crippen LogP contribution in [0.5, 0.6) is 0 Å². The van der Waals surface area contributed by atoms with Crippen LogP contribution in [0.4, 0.5) is 11.4 Å². The largest absolute Gasteiger partial charge is 0.379 e. The fourth-order valence-electron chi connectivity index (χ4n) is 2.23. The first-order valence-electron chi connectivity index (χ1n) is 7.36. The van der Waals surface area contributed by atoms with Gasteiger partial charge in [-0.25, -0.2) is 0 Å². The van der Waals surface area contributed by atoms with Crippen molar-refractivity contribution in [1.82, 2.24) is 4.90 Å². The van der Waals surface area contributed by atoms with Gasteiger partial charge in [0, 0.05) is 19.2 Å². The lowest BCUT2D eigenvalue weighted by atomic mass is 10.1. The molecule has 0 fully saturated rings. The van der Waals surface area contributed by atoms with Crippen molar-refractivity contribution in [2.45, 2.75) is 40.2 Å². The van der Waals surface area contributed by atoms with E-state index in [4.69, 9.17) is 0 Å². The van der Waals surface area contributed by atoms with E-state index in [-0.39, 0.29) is 10.6 Å². The number of nitrogens with zero attached hydrogens (tertiary/aromatic N) is 2. The molecule has 0 bridgehead atoms. The molecule has 0 saturated carbocycles. The first-order valence-corrected chi connectivity index (χ1v) is 7.36. The van der Waals surface area contributed by atoms with Gasteiger partial charge < -0.3 is 5.32 Å². The van der Waals surface area contributed by atoms with Crippen molar-refractivity contribution in [3.05, 3.63) is 33.9 Å². The van der Waals surface area contributed by atoms with Gasteiger partial charge in [0.15, 0.2) is 0 Å². The van der Waals surface area contributed by atoms with Gasteiger partial charge >= 0.3 is 0 Å². The number of rotatable bonds is 9. The van der Waals surface area contributed by atoms with Gasteiger partial charge in [-0.3, -0.25) is 15.0 Å². The molecule has 5 heteroatoms. The van der Waals surface area contributed by atoms with Crippen molar-refractivity contribution in [2.24, 2.45) is 0 Å². The van der Waals surface area contributed by atoms with Crippen molar-refractivity contribution >= 4 is 11.4 Å². The number of anilines is 1. The molecule has 1 aromatic carbocycles. The second-order valence-electron chi connectivity index (χ2n) is 4.86. The molecule has 0 aliphatic rings. The molecule has 0 aromatic heterocycles. The van der Waals surface area contributed by atoms with Gasteiger partial charge in [-0.05, 0) is 31.5 Å². The Morgan fingerprint density at radius 3 is 2.55 bits per heavy atom. The van der Waals surface area contributed by atoms with Crippen LogP contribution in [-0.2, 0) is 6.54 Å². The van der Waals surface area contributed by atoms with E-state index < -0.39 is 0 Å². The number of nitro benzene ring substituents is 1. The molecular formula is C15H25N3O2. The molecule has 0 heterocycles. The highest BCUT2D eigenvalue weighted by Crippen LogP contribution is 2.29. The molecule has 0 amide bonds. The normalized spacial score (nSPS) is 10.8. The van der Waals surface area contributed by atoms with Crippen LogP contribution in [0.2, 0.25) is 0 Å². The average molecular weight is 279 g/mol. The predicted molar refractivity (Wildman–Crippen MR) is 83.1 cm³/mol. The molecule has 0 aliphatic carbocycles. The van der Waals surface area contributed by atoms with E-state index in [1.165, 1.54) is 0 Å². The Morgan fingerprint density at radius 1 is 1.25 bits per heavy atom. The minimum Gasteiger partial charge on any atom is -0.379 e.